The molecular formula is C8H15NO3S. The van der Waals surface area contributed by atoms with Crippen LogP contribution in [0.15, 0.2) is 0 Å². The van der Waals surface area contributed by atoms with Gasteiger partial charge in [0.1, 0.15) is 0 Å². The SMILES string of the molecule is CS(=O)NC1CCCC(C(=O)O)C1. The first-order chi connectivity index (χ1) is 6.09. The predicted molar refractivity (Wildman–Crippen MR) is 50.6 cm³/mol. The Morgan fingerprint density at radius 3 is 2.77 bits per heavy atom. The molecular weight excluding hydrogens is 190 g/mol. The molecule has 13 heavy (non-hydrogen) atoms. The molecule has 0 spiro atoms. The van der Waals surface area contributed by atoms with Crippen molar-refractivity contribution in [3.8, 4) is 0 Å². The van der Waals surface area contributed by atoms with Gasteiger partial charge in [0.05, 0.1) is 16.9 Å². The van der Waals surface area contributed by atoms with Crippen molar-refractivity contribution in [2.24, 2.45) is 5.92 Å². The first-order valence-corrected chi connectivity index (χ1v) is 5.98. The van der Waals surface area contributed by atoms with Gasteiger partial charge in [0.25, 0.3) is 0 Å². The normalized spacial score (nSPS) is 31.2. The molecule has 1 fully saturated rings. The molecule has 0 radical (unpaired) electrons. The van der Waals surface area contributed by atoms with Crippen molar-refractivity contribution < 1.29 is 14.1 Å². The lowest BCUT2D eigenvalue weighted by molar-refractivity contribution is -0.143. The highest BCUT2D eigenvalue weighted by Crippen LogP contribution is 2.24. The molecule has 1 saturated carbocycles. The van der Waals surface area contributed by atoms with E-state index in [1.807, 2.05) is 0 Å². The molecule has 4 nitrogen and oxygen atoms in total. The monoisotopic (exact) mass is 205 g/mol. The van der Waals surface area contributed by atoms with Crippen LogP contribution in [0.5, 0.6) is 0 Å². The van der Waals surface area contributed by atoms with Gasteiger partial charge < -0.3 is 5.11 Å². The molecule has 0 aromatic heterocycles. The fourth-order valence-electron chi connectivity index (χ4n) is 1.76. The minimum Gasteiger partial charge on any atom is -0.481 e. The minimum absolute atomic E-state index is 0.112. The zero-order chi connectivity index (χ0) is 9.84. The second-order valence-corrected chi connectivity index (χ2v) is 4.61. The Labute approximate surface area is 80.3 Å². The van der Waals surface area contributed by atoms with Gasteiger partial charge in [-0.1, -0.05) is 6.42 Å². The summed E-state index contributed by atoms with van der Waals surface area (Å²) in [7, 11) is -1.03. The molecule has 0 saturated heterocycles. The number of hydrogen-bond acceptors (Lipinski definition) is 2. The van der Waals surface area contributed by atoms with E-state index in [1.165, 1.54) is 0 Å². The zero-order valence-electron chi connectivity index (χ0n) is 7.66. The second-order valence-electron chi connectivity index (χ2n) is 3.47. The number of hydrogen-bond donors (Lipinski definition) is 2. The molecule has 0 aromatic rings. The van der Waals surface area contributed by atoms with Crippen LogP contribution in [0.4, 0.5) is 0 Å². The Morgan fingerprint density at radius 2 is 2.23 bits per heavy atom. The van der Waals surface area contributed by atoms with Crippen LogP contribution in [0.2, 0.25) is 0 Å². The van der Waals surface area contributed by atoms with Gasteiger partial charge in [-0.15, -0.1) is 0 Å². The van der Waals surface area contributed by atoms with Gasteiger partial charge in [-0.25, -0.2) is 8.93 Å². The van der Waals surface area contributed by atoms with Crippen molar-refractivity contribution in [3.05, 3.63) is 0 Å². The molecule has 1 aliphatic carbocycles. The molecule has 1 rings (SSSR count). The summed E-state index contributed by atoms with van der Waals surface area (Å²) in [6.07, 6.45) is 4.78. The molecule has 2 N–H and O–H groups in total. The van der Waals surface area contributed by atoms with Gasteiger partial charge in [-0.2, -0.15) is 0 Å². The molecule has 0 aromatic carbocycles. The van der Waals surface area contributed by atoms with E-state index in [0.29, 0.717) is 6.42 Å². The van der Waals surface area contributed by atoms with Crippen LogP contribution in [0.3, 0.4) is 0 Å². The van der Waals surface area contributed by atoms with Crippen LogP contribution in [0, 0.1) is 5.92 Å². The summed E-state index contributed by atoms with van der Waals surface area (Å²) in [4.78, 5) is 10.7. The summed E-state index contributed by atoms with van der Waals surface area (Å²) in [5, 5.41) is 8.79. The van der Waals surface area contributed by atoms with E-state index in [1.54, 1.807) is 6.26 Å². The molecule has 0 heterocycles. The number of nitrogens with one attached hydrogen (secondary N) is 1. The maximum atomic E-state index is 10.8. The topological polar surface area (TPSA) is 66.4 Å². The lowest BCUT2D eigenvalue weighted by Gasteiger charge is -2.26. The lowest BCUT2D eigenvalue weighted by atomic mass is 9.86. The van der Waals surface area contributed by atoms with Crippen molar-refractivity contribution >= 4 is 17.0 Å². The van der Waals surface area contributed by atoms with Crippen LogP contribution >= 0.6 is 0 Å². The Hall–Kier alpha value is -0.420. The summed E-state index contributed by atoms with van der Waals surface area (Å²) in [6, 6.07) is 0.112. The first-order valence-electron chi connectivity index (χ1n) is 4.42. The standard InChI is InChI=1S/C8H15NO3S/c1-13(12)9-7-4-2-3-6(5-7)8(10)11/h6-7,9H,2-5H2,1H3,(H,10,11). The van der Waals surface area contributed by atoms with Crippen LogP contribution in [0.1, 0.15) is 25.7 Å². The smallest absolute Gasteiger partial charge is 0.306 e. The van der Waals surface area contributed by atoms with Gasteiger partial charge in [-0.3, -0.25) is 4.79 Å². The van der Waals surface area contributed by atoms with Crippen molar-refractivity contribution in [1.82, 2.24) is 4.72 Å². The summed E-state index contributed by atoms with van der Waals surface area (Å²) in [6.45, 7) is 0. The maximum absolute atomic E-state index is 10.8. The van der Waals surface area contributed by atoms with Crippen molar-refractivity contribution in [1.29, 1.82) is 0 Å². The zero-order valence-corrected chi connectivity index (χ0v) is 8.47. The number of carbonyl (C=O) groups is 1. The largest absolute Gasteiger partial charge is 0.481 e. The summed E-state index contributed by atoms with van der Waals surface area (Å²) in [5.41, 5.74) is 0. The Balaban J connectivity index is 2.41. The highest BCUT2D eigenvalue weighted by Gasteiger charge is 2.26. The Kier molecular flexibility index (Phi) is 3.87. The third kappa shape index (κ3) is 3.44. The van der Waals surface area contributed by atoms with E-state index in [9.17, 15) is 9.00 Å². The second kappa shape index (κ2) is 4.72. The summed E-state index contributed by atoms with van der Waals surface area (Å²) < 4.78 is 13.7. The highest BCUT2D eigenvalue weighted by molar-refractivity contribution is 7.82. The third-order valence-corrected chi connectivity index (χ3v) is 3.02. The van der Waals surface area contributed by atoms with Gasteiger partial charge in [-0.05, 0) is 19.3 Å². The van der Waals surface area contributed by atoms with Crippen LogP contribution < -0.4 is 4.72 Å². The van der Waals surface area contributed by atoms with E-state index in [-0.39, 0.29) is 12.0 Å². The Morgan fingerprint density at radius 1 is 1.54 bits per heavy atom. The van der Waals surface area contributed by atoms with E-state index in [0.717, 1.165) is 19.3 Å². The number of aliphatic carboxylic acids is 1. The van der Waals surface area contributed by atoms with E-state index < -0.39 is 17.0 Å². The predicted octanol–water partition coefficient (Wildman–Crippen LogP) is 0.513. The van der Waals surface area contributed by atoms with Crippen LogP contribution in [-0.2, 0) is 15.8 Å². The quantitative estimate of drug-likeness (QED) is 0.705. The molecule has 1 aliphatic rings. The van der Waals surface area contributed by atoms with Gasteiger partial charge in [0.15, 0.2) is 0 Å². The Bertz CT molecular complexity index is 219. The maximum Gasteiger partial charge on any atom is 0.306 e. The van der Waals surface area contributed by atoms with Gasteiger partial charge in [0, 0.05) is 12.3 Å². The molecule has 0 aliphatic heterocycles. The number of rotatable bonds is 3. The molecule has 0 bridgehead atoms. The molecule has 76 valence electrons. The van der Waals surface area contributed by atoms with Gasteiger partial charge in [0.2, 0.25) is 0 Å². The van der Waals surface area contributed by atoms with Crippen molar-refractivity contribution in [3.63, 3.8) is 0 Å². The van der Waals surface area contributed by atoms with E-state index >= 15 is 0 Å². The first kappa shape index (κ1) is 10.7. The average molecular weight is 205 g/mol. The third-order valence-electron chi connectivity index (χ3n) is 2.36. The lowest BCUT2D eigenvalue weighted by Crippen LogP contribution is -2.36. The summed E-state index contributed by atoms with van der Waals surface area (Å²) >= 11 is 0. The van der Waals surface area contributed by atoms with Crippen molar-refractivity contribution in [2.75, 3.05) is 6.26 Å². The molecule has 5 heteroatoms. The summed E-state index contributed by atoms with van der Waals surface area (Å²) in [5.74, 6) is -0.983. The highest BCUT2D eigenvalue weighted by atomic mass is 32.2. The number of carboxylic acid groups (broad SMARTS) is 1. The van der Waals surface area contributed by atoms with Crippen LogP contribution in [0.25, 0.3) is 0 Å². The van der Waals surface area contributed by atoms with E-state index in [2.05, 4.69) is 4.72 Å². The molecule has 3 unspecified atom stereocenters. The molecule has 0 amide bonds. The van der Waals surface area contributed by atoms with E-state index in [4.69, 9.17) is 5.11 Å². The van der Waals surface area contributed by atoms with Crippen LogP contribution in [-0.4, -0.2) is 27.6 Å². The van der Waals surface area contributed by atoms with Gasteiger partial charge >= 0.3 is 5.97 Å². The minimum atomic E-state index is -1.03. The van der Waals surface area contributed by atoms with Crippen molar-refractivity contribution in [2.45, 2.75) is 31.7 Å². The fraction of sp³-hybridized carbons (Fsp3) is 0.875. The average Bonchev–Trinajstić information content (AvgIpc) is 2.03. The molecule has 3 atom stereocenters. The fourth-order valence-corrected chi connectivity index (χ4v) is 2.44. The number of carboxylic acids is 1.